The van der Waals surface area contributed by atoms with E-state index in [-0.39, 0.29) is 18.4 Å². The van der Waals surface area contributed by atoms with Gasteiger partial charge in [-0.3, -0.25) is 9.69 Å². The first-order valence-electron chi connectivity index (χ1n) is 14.0. The van der Waals surface area contributed by atoms with Gasteiger partial charge in [-0.05, 0) is 68.7 Å². The van der Waals surface area contributed by atoms with E-state index in [0.29, 0.717) is 25.9 Å². The molecule has 0 saturated carbocycles. The number of fused-ring (bicyclic) bond motifs is 3. The van der Waals surface area contributed by atoms with Crippen molar-refractivity contribution >= 4 is 24.1 Å². The lowest BCUT2D eigenvalue weighted by molar-refractivity contribution is -0.144. The third-order valence-electron chi connectivity index (χ3n) is 7.81. The summed E-state index contributed by atoms with van der Waals surface area (Å²) in [5.74, 6) is -2.25. The molecule has 1 aliphatic heterocycles. The second-order valence-electron chi connectivity index (χ2n) is 11.7. The SMILES string of the molecule is C[C@@H](C(=O)N[C@H](C(=O)O)C1CCN(C(=O)OC(C)(C)C)CC1)N(C)C(=O)OCC1c2ccccc2-c2ccccc21. The topological polar surface area (TPSA) is 125 Å². The molecule has 2 atom stereocenters. The van der Waals surface area contributed by atoms with Crippen LogP contribution in [-0.4, -0.2) is 83.4 Å². The molecule has 10 heteroatoms. The number of amides is 3. The number of carboxylic acids is 1. The van der Waals surface area contributed by atoms with E-state index in [1.165, 1.54) is 18.9 Å². The molecule has 0 spiro atoms. The summed E-state index contributed by atoms with van der Waals surface area (Å²) >= 11 is 0. The average molecular weight is 566 g/mol. The van der Waals surface area contributed by atoms with Gasteiger partial charge in [0.25, 0.3) is 0 Å². The Balaban J connectivity index is 1.32. The number of benzene rings is 2. The van der Waals surface area contributed by atoms with Crippen molar-refractivity contribution in [1.82, 2.24) is 15.1 Å². The molecular formula is C31H39N3O7. The highest BCUT2D eigenvalue weighted by molar-refractivity contribution is 5.89. The standard InChI is InChI=1S/C31H39N3O7/c1-19(27(35)32-26(28(36)37)20-14-16-34(17-15-20)30(39)41-31(2,3)4)33(5)29(38)40-18-25-23-12-8-6-10-21(23)22-11-7-9-13-24(22)25/h6-13,19-20,25-26H,14-18H2,1-5H3,(H,32,35)(H,36,37)/t19-,26-/m0/s1. The van der Waals surface area contributed by atoms with E-state index in [9.17, 15) is 24.3 Å². The summed E-state index contributed by atoms with van der Waals surface area (Å²) in [4.78, 5) is 53.2. The summed E-state index contributed by atoms with van der Waals surface area (Å²) < 4.78 is 11.1. The van der Waals surface area contributed by atoms with Crippen LogP contribution in [0.4, 0.5) is 9.59 Å². The van der Waals surface area contributed by atoms with Crippen LogP contribution in [0.3, 0.4) is 0 Å². The molecule has 0 bridgehead atoms. The zero-order valence-electron chi connectivity index (χ0n) is 24.3. The first kappa shape index (κ1) is 29.9. The van der Waals surface area contributed by atoms with Gasteiger partial charge in [0.1, 0.15) is 24.3 Å². The quantitative estimate of drug-likeness (QED) is 0.507. The molecule has 41 heavy (non-hydrogen) atoms. The number of aliphatic carboxylic acids is 1. The highest BCUT2D eigenvalue weighted by Crippen LogP contribution is 2.44. The zero-order chi connectivity index (χ0) is 29.9. The van der Waals surface area contributed by atoms with Crippen molar-refractivity contribution in [2.75, 3.05) is 26.7 Å². The number of nitrogens with zero attached hydrogens (tertiary/aromatic N) is 2. The Hall–Kier alpha value is -4.08. The Morgan fingerprint density at radius 2 is 1.54 bits per heavy atom. The number of hydrogen-bond donors (Lipinski definition) is 2. The summed E-state index contributed by atoms with van der Waals surface area (Å²) in [5, 5.41) is 12.5. The fraction of sp³-hybridized carbons (Fsp3) is 0.484. The van der Waals surface area contributed by atoms with Crippen LogP contribution in [0.1, 0.15) is 57.6 Å². The molecular weight excluding hydrogens is 526 g/mol. The minimum Gasteiger partial charge on any atom is -0.480 e. The van der Waals surface area contributed by atoms with Gasteiger partial charge in [0.05, 0.1) is 0 Å². The number of hydrogen-bond acceptors (Lipinski definition) is 6. The first-order chi connectivity index (χ1) is 19.4. The van der Waals surface area contributed by atoms with Gasteiger partial charge in [-0.15, -0.1) is 0 Å². The summed E-state index contributed by atoms with van der Waals surface area (Å²) in [6, 6.07) is 13.9. The predicted molar refractivity (Wildman–Crippen MR) is 152 cm³/mol. The van der Waals surface area contributed by atoms with Gasteiger partial charge in [0.15, 0.2) is 0 Å². The maximum atomic E-state index is 13.1. The molecule has 2 aromatic carbocycles. The Bertz CT molecular complexity index is 1250. The Kier molecular flexibility index (Phi) is 8.89. The van der Waals surface area contributed by atoms with Crippen molar-refractivity contribution in [2.24, 2.45) is 5.92 Å². The molecule has 1 fully saturated rings. The lowest BCUT2D eigenvalue weighted by Gasteiger charge is -2.36. The van der Waals surface area contributed by atoms with Crippen LogP contribution in [0.25, 0.3) is 11.1 Å². The minimum absolute atomic E-state index is 0.111. The fourth-order valence-electron chi connectivity index (χ4n) is 5.43. The highest BCUT2D eigenvalue weighted by Gasteiger charge is 2.37. The van der Waals surface area contributed by atoms with Crippen molar-refractivity contribution in [1.29, 1.82) is 0 Å². The normalized spacial score (nSPS) is 16.7. The molecule has 0 aromatic heterocycles. The molecule has 1 aliphatic carbocycles. The van der Waals surface area contributed by atoms with Gasteiger partial charge in [-0.2, -0.15) is 0 Å². The van der Waals surface area contributed by atoms with Gasteiger partial charge >= 0.3 is 18.2 Å². The number of carbonyl (C=O) groups excluding carboxylic acids is 3. The minimum atomic E-state index is -1.16. The number of likely N-dealkylation sites (N-methyl/N-ethyl adjacent to an activating group) is 1. The van der Waals surface area contributed by atoms with Gasteiger partial charge in [0.2, 0.25) is 5.91 Å². The lowest BCUT2D eigenvalue weighted by Crippen LogP contribution is -2.55. The van der Waals surface area contributed by atoms with E-state index in [1.807, 2.05) is 36.4 Å². The average Bonchev–Trinajstić information content (AvgIpc) is 3.26. The van der Waals surface area contributed by atoms with Crippen molar-refractivity contribution in [3.05, 3.63) is 59.7 Å². The van der Waals surface area contributed by atoms with Crippen LogP contribution in [0.2, 0.25) is 0 Å². The smallest absolute Gasteiger partial charge is 0.410 e. The summed E-state index contributed by atoms with van der Waals surface area (Å²) in [5.41, 5.74) is 3.76. The number of nitrogens with one attached hydrogen (secondary N) is 1. The van der Waals surface area contributed by atoms with Gasteiger partial charge in [-0.1, -0.05) is 48.5 Å². The Morgan fingerprint density at radius 1 is 1.00 bits per heavy atom. The second-order valence-corrected chi connectivity index (χ2v) is 11.7. The maximum absolute atomic E-state index is 13.1. The van der Waals surface area contributed by atoms with E-state index in [0.717, 1.165) is 22.3 Å². The maximum Gasteiger partial charge on any atom is 0.410 e. The van der Waals surface area contributed by atoms with E-state index in [2.05, 4.69) is 17.4 Å². The van der Waals surface area contributed by atoms with Crippen LogP contribution in [-0.2, 0) is 19.1 Å². The third-order valence-corrected chi connectivity index (χ3v) is 7.81. The number of ether oxygens (including phenoxy) is 2. The van der Waals surface area contributed by atoms with Crippen LogP contribution in [0.5, 0.6) is 0 Å². The van der Waals surface area contributed by atoms with Crippen molar-refractivity contribution in [3.8, 4) is 11.1 Å². The monoisotopic (exact) mass is 565 g/mol. The van der Waals surface area contributed by atoms with E-state index in [4.69, 9.17) is 9.47 Å². The summed E-state index contributed by atoms with van der Waals surface area (Å²) in [7, 11) is 1.46. The van der Waals surface area contributed by atoms with E-state index in [1.54, 1.807) is 25.7 Å². The van der Waals surface area contributed by atoms with Crippen LogP contribution in [0.15, 0.2) is 48.5 Å². The van der Waals surface area contributed by atoms with Crippen LogP contribution < -0.4 is 5.32 Å². The first-order valence-corrected chi connectivity index (χ1v) is 14.0. The highest BCUT2D eigenvalue weighted by atomic mass is 16.6. The van der Waals surface area contributed by atoms with Crippen LogP contribution in [0, 0.1) is 5.92 Å². The van der Waals surface area contributed by atoms with Gasteiger partial charge < -0.3 is 24.8 Å². The van der Waals surface area contributed by atoms with Crippen molar-refractivity contribution in [3.63, 3.8) is 0 Å². The molecule has 1 saturated heterocycles. The molecule has 10 nitrogen and oxygen atoms in total. The Labute approximate surface area is 240 Å². The van der Waals surface area contributed by atoms with E-state index < -0.39 is 41.7 Å². The van der Waals surface area contributed by atoms with Gasteiger partial charge in [0, 0.05) is 26.1 Å². The third kappa shape index (κ3) is 6.81. The van der Waals surface area contributed by atoms with Crippen molar-refractivity contribution in [2.45, 2.75) is 64.1 Å². The number of rotatable bonds is 7. The largest absolute Gasteiger partial charge is 0.480 e. The van der Waals surface area contributed by atoms with E-state index >= 15 is 0 Å². The lowest BCUT2D eigenvalue weighted by atomic mass is 9.89. The fourth-order valence-corrected chi connectivity index (χ4v) is 5.43. The second kappa shape index (κ2) is 12.2. The zero-order valence-corrected chi connectivity index (χ0v) is 24.3. The van der Waals surface area contributed by atoms with Crippen LogP contribution >= 0.6 is 0 Å². The molecule has 2 aliphatic rings. The number of likely N-dealkylation sites (tertiary alicyclic amines) is 1. The molecule has 2 N–H and O–H groups in total. The number of piperidine rings is 1. The molecule has 1 heterocycles. The van der Waals surface area contributed by atoms with Crippen molar-refractivity contribution < 1.29 is 33.8 Å². The molecule has 2 aromatic rings. The number of carbonyl (C=O) groups is 4. The van der Waals surface area contributed by atoms with Gasteiger partial charge in [-0.25, -0.2) is 14.4 Å². The molecule has 0 radical (unpaired) electrons. The summed E-state index contributed by atoms with van der Waals surface area (Å²) in [6.07, 6.45) is -0.322. The molecule has 3 amide bonds. The predicted octanol–water partition coefficient (Wildman–Crippen LogP) is 4.47. The molecule has 4 rings (SSSR count). The number of carboxylic acid groups (broad SMARTS) is 1. The molecule has 220 valence electrons. The summed E-state index contributed by atoms with van der Waals surface area (Å²) in [6.45, 7) is 7.65. The molecule has 0 unspecified atom stereocenters. The Morgan fingerprint density at radius 3 is 2.05 bits per heavy atom.